The minimum Gasteiger partial charge on any atom is -0.448 e. The lowest BCUT2D eigenvalue weighted by atomic mass is 9.97. The molecule has 20 heavy (non-hydrogen) atoms. The number of amides is 1. The summed E-state index contributed by atoms with van der Waals surface area (Å²) in [5.74, 6) is 3.21. The molecule has 1 aromatic carbocycles. The molecule has 0 bridgehead atoms. The van der Waals surface area contributed by atoms with Gasteiger partial charge >= 0.3 is 5.97 Å². The summed E-state index contributed by atoms with van der Waals surface area (Å²) in [6.45, 7) is 0.649. The maximum Gasteiger partial charge on any atom is 0.339 e. The van der Waals surface area contributed by atoms with Crippen LogP contribution in [0.5, 0.6) is 0 Å². The van der Waals surface area contributed by atoms with E-state index in [0.717, 1.165) is 0 Å². The average Bonchev–Trinajstić information content (AvgIpc) is 2.44. The van der Waals surface area contributed by atoms with Gasteiger partial charge in [-0.15, -0.1) is 0 Å². The molecular weight excluding hydrogens is 267 g/mol. The smallest absolute Gasteiger partial charge is 0.339 e. The second-order valence-electron chi connectivity index (χ2n) is 4.38. The number of hydrogen-bond acceptors (Lipinski definition) is 5. The van der Waals surface area contributed by atoms with Crippen molar-refractivity contribution < 1.29 is 23.6 Å². The van der Waals surface area contributed by atoms with Crippen molar-refractivity contribution in [2.75, 3.05) is 13.2 Å². The first-order valence-electron chi connectivity index (χ1n) is 6.21. The van der Waals surface area contributed by atoms with Crippen molar-refractivity contribution in [3.63, 3.8) is 0 Å². The van der Waals surface area contributed by atoms with E-state index in [1.807, 2.05) is 0 Å². The highest BCUT2D eigenvalue weighted by molar-refractivity contribution is 5.95. The van der Waals surface area contributed by atoms with Crippen LogP contribution >= 0.6 is 0 Å². The minimum atomic E-state index is -1.01. The van der Waals surface area contributed by atoms with Crippen LogP contribution in [0.3, 0.4) is 0 Å². The Kier molecular flexibility index (Phi) is 4.65. The molecule has 0 saturated carbocycles. The lowest BCUT2D eigenvalue weighted by Gasteiger charge is -2.24. The fourth-order valence-electron chi connectivity index (χ4n) is 2.00. The van der Waals surface area contributed by atoms with Crippen LogP contribution in [0.1, 0.15) is 22.3 Å². The van der Waals surface area contributed by atoms with E-state index < -0.39 is 23.8 Å². The monoisotopic (exact) mass is 282 g/mol. The number of ether oxygens (including phenoxy) is 1. The fourth-order valence-corrected chi connectivity index (χ4v) is 2.00. The van der Waals surface area contributed by atoms with Crippen molar-refractivity contribution in [1.82, 2.24) is 5.32 Å². The van der Waals surface area contributed by atoms with Gasteiger partial charge in [-0.1, -0.05) is 6.07 Å². The van der Waals surface area contributed by atoms with Crippen molar-refractivity contribution in [3.8, 4) is 0 Å². The number of rotatable bonds is 5. The maximum absolute atomic E-state index is 13.7. The van der Waals surface area contributed by atoms with Gasteiger partial charge in [-0.05, 0) is 18.6 Å². The van der Waals surface area contributed by atoms with Crippen molar-refractivity contribution >= 4 is 11.9 Å². The number of cyclic esters (lactones) is 1. The summed E-state index contributed by atoms with van der Waals surface area (Å²) in [5.41, 5.74) is 0.389. The van der Waals surface area contributed by atoms with Crippen LogP contribution in [0.4, 0.5) is 4.39 Å². The van der Waals surface area contributed by atoms with Crippen LogP contribution < -0.4 is 11.2 Å². The third-order valence-corrected chi connectivity index (χ3v) is 3.01. The number of nitrogens with two attached hydrogens (primary N) is 1. The molecule has 108 valence electrons. The molecule has 1 atom stereocenters. The largest absolute Gasteiger partial charge is 0.448 e. The average molecular weight is 282 g/mol. The molecular formula is C13H15FN2O4. The first kappa shape index (κ1) is 14.4. The van der Waals surface area contributed by atoms with Gasteiger partial charge in [0, 0.05) is 18.5 Å². The SMILES string of the molecule is NOCCCNC(=O)C1Cc2c(F)cccc2C(=O)O1. The van der Waals surface area contributed by atoms with Gasteiger partial charge in [0.05, 0.1) is 12.2 Å². The first-order valence-corrected chi connectivity index (χ1v) is 6.21. The number of fused-ring (bicyclic) bond motifs is 1. The zero-order valence-corrected chi connectivity index (χ0v) is 10.7. The molecule has 0 radical (unpaired) electrons. The second kappa shape index (κ2) is 6.44. The molecule has 7 heteroatoms. The molecule has 0 aliphatic carbocycles. The van der Waals surface area contributed by atoms with Gasteiger partial charge in [0.25, 0.3) is 5.91 Å². The highest BCUT2D eigenvalue weighted by Crippen LogP contribution is 2.23. The molecule has 0 fully saturated rings. The van der Waals surface area contributed by atoms with Gasteiger partial charge in [0.2, 0.25) is 0 Å². The lowest BCUT2D eigenvalue weighted by Crippen LogP contribution is -2.42. The topological polar surface area (TPSA) is 90.6 Å². The summed E-state index contributed by atoms with van der Waals surface area (Å²) in [6.07, 6.45) is -0.438. The zero-order valence-electron chi connectivity index (χ0n) is 10.7. The maximum atomic E-state index is 13.7. The van der Waals surface area contributed by atoms with Crippen molar-refractivity contribution in [3.05, 3.63) is 35.1 Å². The van der Waals surface area contributed by atoms with E-state index in [0.29, 0.717) is 19.6 Å². The number of nitrogens with one attached hydrogen (secondary N) is 1. The molecule has 1 aromatic rings. The second-order valence-corrected chi connectivity index (χ2v) is 4.38. The Morgan fingerprint density at radius 1 is 1.55 bits per heavy atom. The predicted octanol–water partition coefficient (Wildman–Crippen LogP) is 0.304. The third kappa shape index (κ3) is 3.12. The quantitative estimate of drug-likeness (QED) is 0.460. The van der Waals surface area contributed by atoms with Crippen LogP contribution in [-0.2, 0) is 20.8 Å². The highest BCUT2D eigenvalue weighted by Gasteiger charge is 2.32. The summed E-state index contributed by atoms with van der Waals surface area (Å²) in [6, 6.07) is 4.17. The van der Waals surface area contributed by atoms with Crippen LogP contribution in [0.2, 0.25) is 0 Å². The fraction of sp³-hybridized carbons (Fsp3) is 0.385. The van der Waals surface area contributed by atoms with Crippen molar-refractivity contribution in [1.29, 1.82) is 0 Å². The lowest BCUT2D eigenvalue weighted by molar-refractivity contribution is -0.130. The Morgan fingerprint density at radius 3 is 3.10 bits per heavy atom. The van der Waals surface area contributed by atoms with E-state index >= 15 is 0 Å². The van der Waals surface area contributed by atoms with Crippen LogP contribution in [0.15, 0.2) is 18.2 Å². The molecule has 1 aliphatic heterocycles. The van der Waals surface area contributed by atoms with Crippen LogP contribution in [-0.4, -0.2) is 31.1 Å². The van der Waals surface area contributed by atoms with Gasteiger partial charge in [-0.25, -0.2) is 15.1 Å². The summed E-state index contributed by atoms with van der Waals surface area (Å²) in [7, 11) is 0. The normalized spacial score (nSPS) is 17.3. The molecule has 3 N–H and O–H groups in total. The van der Waals surface area contributed by atoms with Gasteiger partial charge in [0.1, 0.15) is 5.82 Å². The zero-order chi connectivity index (χ0) is 14.5. The molecule has 2 rings (SSSR count). The molecule has 6 nitrogen and oxygen atoms in total. The van der Waals surface area contributed by atoms with E-state index in [1.165, 1.54) is 18.2 Å². The number of carbonyl (C=O) groups excluding carboxylic acids is 2. The number of esters is 1. The summed E-state index contributed by atoms with van der Waals surface area (Å²) >= 11 is 0. The van der Waals surface area contributed by atoms with E-state index in [1.54, 1.807) is 0 Å². The van der Waals surface area contributed by atoms with E-state index in [4.69, 9.17) is 10.6 Å². The number of carbonyl (C=O) groups is 2. The first-order chi connectivity index (χ1) is 9.63. The number of benzene rings is 1. The summed E-state index contributed by atoms with van der Waals surface area (Å²) in [4.78, 5) is 27.9. The molecule has 1 aliphatic rings. The van der Waals surface area contributed by atoms with Gasteiger partial charge < -0.3 is 14.9 Å². The predicted molar refractivity (Wildman–Crippen MR) is 67.1 cm³/mol. The highest BCUT2D eigenvalue weighted by atomic mass is 19.1. The third-order valence-electron chi connectivity index (χ3n) is 3.01. The molecule has 0 saturated heterocycles. The van der Waals surface area contributed by atoms with Crippen molar-refractivity contribution in [2.24, 2.45) is 5.90 Å². The summed E-state index contributed by atoms with van der Waals surface area (Å²) in [5, 5.41) is 2.58. The van der Waals surface area contributed by atoms with Crippen molar-refractivity contribution in [2.45, 2.75) is 18.9 Å². The molecule has 0 aromatic heterocycles. The van der Waals surface area contributed by atoms with E-state index in [2.05, 4.69) is 10.2 Å². The standard InChI is InChI=1S/C13H15FN2O4/c14-10-4-1-3-8-9(10)7-11(20-13(8)18)12(17)16-5-2-6-19-15/h1,3-4,11H,2,5-7,15H2,(H,16,17). The minimum absolute atomic E-state index is 0.0347. The Balaban J connectivity index is 2.01. The van der Waals surface area contributed by atoms with E-state index in [-0.39, 0.29) is 17.5 Å². The van der Waals surface area contributed by atoms with Gasteiger partial charge in [0.15, 0.2) is 6.10 Å². The molecule has 1 amide bonds. The Hall–Kier alpha value is -1.99. The Labute approximate surface area is 115 Å². The van der Waals surface area contributed by atoms with Gasteiger partial charge in [-0.3, -0.25) is 4.79 Å². The molecule has 1 unspecified atom stereocenters. The van der Waals surface area contributed by atoms with Gasteiger partial charge in [-0.2, -0.15) is 0 Å². The van der Waals surface area contributed by atoms with Crippen LogP contribution in [0.25, 0.3) is 0 Å². The molecule has 0 spiro atoms. The number of halogens is 1. The molecule has 1 heterocycles. The number of hydrogen-bond donors (Lipinski definition) is 2. The Bertz CT molecular complexity index is 521. The Morgan fingerprint density at radius 2 is 2.35 bits per heavy atom. The van der Waals surface area contributed by atoms with E-state index in [9.17, 15) is 14.0 Å². The van der Waals surface area contributed by atoms with Crippen LogP contribution in [0, 0.1) is 5.82 Å². The summed E-state index contributed by atoms with van der Waals surface area (Å²) < 4.78 is 18.7.